The number of rotatable bonds is 1. The van der Waals surface area contributed by atoms with Gasteiger partial charge in [-0.1, -0.05) is 0 Å². The zero-order valence-electron chi connectivity index (χ0n) is 5.18. The number of carbonyl (C=O) groups excluding carboxylic acids is 2. The Kier molecular flexibility index (Phi) is 1.63. The van der Waals surface area contributed by atoms with Crippen LogP contribution in [0.25, 0.3) is 0 Å². The van der Waals surface area contributed by atoms with Crippen molar-refractivity contribution < 1.29 is 14.5 Å². The standard InChI is InChI=1S/C4H3N3O4/c8-3-2(7(10)11)4(9)6-1-5-3/h1-2H,(H,5,6,8,9). The molecule has 1 aliphatic heterocycles. The van der Waals surface area contributed by atoms with Gasteiger partial charge in [-0.05, 0) is 0 Å². The maximum absolute atomic E-state index is 10.6. The van der Waals surface area contributed by atoms with Gasteiger partial charge in [0.2, 0.25) is 0 Å². The zero-order chi connectivity index (χ0) is 8.43. The second-order valence-electron chi connectivity index (χ2n) is 1.79. The third-order valence-corrected chi connectivity index (χ3v) is 1.09. The van der Waals surface area contributed by atoms with E-state index < -0.39 is 22.8 Å². The van der Waals surface area contributed by atoms with E-state index in [9.17, 15) is 19.7 Å². The Morgan fingerprint density at radius 1 is 1.64 bits per heavy atom. The van der Waals surface area contributed by atoms with Crippen LogP contribution in [0.5, 0.6) is 0 Å². The highest BCUT2D eigenvalue weighted by Crippen LogP contribution is 1.96. The molecule has 1 N–H and O–H groups in total. The number of hydrogen-bond donors (Lipinski definition) is 1. The molecular formula is C4H3N3O4. The summed E-state index contributed by atoms with van der Waals surface area (Å²) in [5, 5.41) is 12.0. The summed E-state index contributed by atoms with van der Waals surface area (Å²) < 4.78 is 0. The summed E-state index contributed by atoms with van der Waals surface area (Å²) in [4.78, 5) is 33.2. The highest BCUT2D eigenvalue weighted by Gasteiger charge is 2.39. The van der Waals surface area contributed by atoms with Gasteiger partial charge >= 0.3 is 17.9 Å². The molecule has 0 aromatic rings. The lowest BCUT2D eigenvalue weighted by Gasteiger charge is -2.06. The SMILES string of the molecule is O=C1N=CNC(=O)C1[N+](=O)[O-]. The Morgan fingerprint density at radius 2 is 2.27 bits per heavy atom. The van der Waals surface area contributed by atoms with Gasteiger partial charge in [-0.2, -0.15) is 4.99 Å². The van der Waals surface area contributed by atoms with E-state index >= 15 is 0 Å². The summed E-state index contributed by atoms with van der Waals surface area (Å²) in [7, 11) is 0. The van der Waals surface area contributed by atoms with Crippen LogP contribution in [0.4, 0.5) is 0 Å². The molecule has 0 fully saturated rings. The molecule has 0 aromatic carbocycles. The van der Waals surface area contributed by atoms with Gasteiger partial charge in [-0.25, -0.2) is 0 Å². The third-order valence-electron chi connectivity index (χ3n) is 1.09. The van der Waals surface area contributed by atoms with Gasteiger partial charge in [-0.3, -0.25) is 19.7 Å². The Morgan fingerprint density at radius 3 is 2.64 bits per heavy atom. The number of amides is 2. The molecule has 0 saturated heterocycles. The topological polar surface area (TPSA) is 102 Å². The maximum Gasteiger partial charge on any atom is 0.368 e. The summed E-state index contributed by atoms with van der Waals surface area (Å²) in [6.07, 6.45) is 0.838. The Labute approximate surface area is 60.2 Å². The van der Waals surface area contributed by atoms with Gasteiger partial charge in [0.15, 0.2) is 0 Å². The lowest BCUT2D eigenvalue weighted by atomic mass is 10.2. The van der Waals surface area contributed by atoms with Crippen molar-refractivity contribution in [1.82, 2.24) is 5.32 Å². The molecule has 1 unspecified atom stereocenters. The quantitative estimate of drug-likeness (QED) is 0.279. The minimum atomic E-state index is -1.88. The second-order valence-corrected chi connectivity index (χ2v) is 1.79. The van der Waals surface area contributed by atoms with E-state index in [2.05, 4.69) is 4.99 Å². The molecule has 2 amide bonds. The maximum atomic E-state index is 10.6. The molecule has 0 bridgehead atoms. The van der Waals surface area contributed by atoms with Crippen molar-refractivity contribution in [3.8, 4) is 0 Å². The molecule has 0 saturated carbocycles. The Balaban J connectivity index is 2.92. The molecule has 1 aliphatic rings. The molecule has 1 heterocycles. The van der Waals surface area contributed by atoms with Gasteiger partial charge in [0.05, 0.1) is 6.34 Å². The molecule has 58 valence electrons. The fourth-order valence-corrected chi connectivity index (χ4v) is 0.607. The number of carbonyl (C=O) groups is 2. The van der Waals surface area contributed by atoms with Crippen molar-refractivity contribution in [3.63, 3.8) is 0 Å². The average molecular weight is 157 g/mol. The van der Waals surface area contributed by atoms with Crippen LogP contribution in [0.2, 0.25) is 0 Å². The second kappa shape index (κ2) is 2.45. The van der Waals surface area contributed by atoms with Crippen molar-refractivity contribution in [1.29, 1.82) is 0 Å². The van der Waals surface area contributed by atoms with E-state index in [0.717, 1.165) is 6.34 Å². The summed E-state index contributed by atoms with van der Waals surface area (Å²) in [5.41, 5.74) is 0. The van der Waals surface area contributed by atoms with E-state index in [1.54, 1.807) is 0 Å². The smallest absolute Gasteiger partial charge is 0.310 e. The fraction of sp³-hybridized carbons (Fsp3) is 0.250. The van der Waals surface area contributed by atoms with E-state index in [1.165, 1.54) is 0 Å². The fourth-order valence-electron chi connectivity index (χ4n) is 0.607. The molecule has 7 nitrogen and oxygen atoms in total. The Hall–Kier alpha value is -1.79. The first kappa shape index (κ1) is 7.32. The first-order chi connectivity index (χ1) is 5.13. The third kappa shape index (κ3) is 1.20. The molecule has 7 heteroatoms. The van der Waals surface area contributed by atoms with E-state index in [0.29, 0.717) is 0 Å². The summed E-state index contributed by atoms with van der Waals surface area (Å²) in [6, 6.07) is -1.88. The van der Waals surface area contributed by atoms with Crippen molar-refractivity contribution in [2.75, 3.05) is 0 Å². The van der Waals surface area contributed by atoms with Crippen LogP contribution in [0.3, 0.4) is 0 Å². The van der Waals surface area contributed by atoms with Crippen molar-refractivity contribution in [2.24, 2.45) is 4.99 Å². The number of aliphatic imine (C=N–C) groups is 1. The summed E-state index contributed by atoms with van der Waals surface area (Å²) in [6.45, 7) is 0. The summed E-state index contributed by atoms with van der Waals surface area (Å²) in [5.74, 6) is -1.99. The summed E-state index contributed by atoms with van der Waals surface area (Å²) >= 11 is 0. The average Bonchev–Trinajstić information content (AvgIpc) is 1.85. The van der Waals surface area contributed by atoms with Gasteiger partial charge < -0.3 is 5.32 Å². The van der Waals surface area contributed by atoms with E-state index in [1.807, 2.05) is 5.32 Å². The van der Waals surface area contributed by atoms with Crippen LogP contribution in [0.15, 0.2) is 4.99 Å². The monoisotopic (exact) mass is 157 g/mol. The normalized spacial score (nSPS) is 23.1. The van der Waals surface area contributed by atoms with Crippen LogP contribution in [-0.2, 0) is 9.59 Å². The predicted molar refractivity (Wildman–Crippen MR) is 32.4 cm³/mol. The Bertz CT molecular complexity index is 258. The highest BCUT2D eigenvalue weighted by atomic mass is 16.6. The first-order valence-electron chi connectivity index (χ1n) is 2.63. The first-order valence-corrected chi connectivity index (χ1v) is 2.63. The highest BCUT2D eigenvalue weighted by molar-refractivity contribution is 6.12. The minimum Gasteiger partial charge on any atom is -0.310 e. The lowest BCUT2D eigenvalue weighted by molar-refractivity contribution is -0.493. The van der Waals surface area contributed by atoms with E-state index in [-0.39, 0.29) is 0 Å². The molecule has 0 radical (unpaired) electrons. The van der Waals surface area contributed by atoms with E-state index in [4.69, 9.17) is 0 Å². The predicted octanol–water partition coefficient (Wildman–Crippen LogP) is -1.68. The molecule has 0 spiro atoms. The number of nitrogens with one attached hydrogen (secondary N) is 1. The molecule has 1 rings (SSSR count). The van der Waals surface area contributed by atoms with Gasteiger partial charge in [-0.15, -0.1) is 0 Å². The number of nitro groups is 1. The number of hydrogen-bond acceptors (Lipinski definition) is 4. The van der Waals surface area contributed by atoms with Gasteiger partial charge in [0.1, 0.15) is 0 Å². The molecule has 11 heavy (non-hydrogen) atoms. The zero-order valence-corrected chi connectivity index (χ0v) is 5.18. The minimum absolute atomic E-state index is 0.838. The van der Waals surface area contributed by atoms with Crippen molar-refractivity contribution >= 4 is 18.2 Å². The van der Waals surface area contributed by atoms with Crippen LogP contribution in [-0.4, -0.2) is 29.1 Å². The van der Waals surface area contributed by atoms with Crippen LogP contribution < -0.4 is 5.32 Å². The van der Waals surface area contributed by atoms with Crippen LogP contribution in [0, 0.1) is 10.1 Å². The number of nitrogens with zero attached hydrogens (tertiary/aromatic N) is 2. The van der Waals surface area contributed by atoms with Gasteiger partial charge in [0, 0.05) is 4.92 Å². The van der Waals surface area contributed by atoms with Crippen LogP contribution >= 0.6 is 0 Å². The molecular weight excluding hydrogens is 154 g/mol. The lowest BCUT2D eigenvalue weighted by Crippen LogP contribution is -2.47. The van der Waals surface area contributed by atoms with Crippen molar-refractivity contribution in [3.05, 3.63) is 10.1 Å². The van der Waals surface area contributed by atoms with Crippen molar-refractivity contribution in [2.45, 2.75) is 6.04 Å². The largest absolute Gasteiger partial charge is 0.368 e. The molecule has 0 aromatic heterocycles. The molecule has 0 aliphatic carbocycles. The van der Waals surface area contributed by atoms with Crippen LogP contribution in [0.1, 0.15) is 0 Å². The van der Waals surface area contributed by atoms with Gasteiger partial charge in [0.25, 0.3) is 0 Å². The molecule has 1 atom stereocenters.